The molecule has 1 N–H and O–H groups in total. The van der Waals surface area contributed by atoms with E-state index in [0.717, 1.165) is 18.9 Å². The van der Waals surface area contributed by atoms with Crippen molar-refractivity contribution in [2.75, 3.05) is 25.1 Å². The number of hydrogen-bond donors (Lipinski definition) is 1. The Morgan fingerprint density at radius 2 is 2.00 bits per heavy atom. The van der Waals surface area contributed by atoms with Gasteiger partial charge in [0.2, 0.25) is 0 Å². The first-order chi connectivity index (χ1) is 9.06. The molecule has 2 rings (SSSR count). The number of benzene rings is 1. The van der Waals surface area contributed by atoms with Crippen LogP contribution < -0.4 is 15.0 Å². The second-order valence-corrected chi connectivity index (χ2v) is 5.87. The quantitative estimate of drug-likeness (QED) is 0.902. The van der Waals surface area contributed by atoms with Crippen LogP contribution in [0.5, 0.6) is 5.75 Å². The van der Waals surface area contributed by atoms with Crippen molar-refractivity contribution >= 4 is 5.69 Å². The Labute approximate surface area is 116 Å². The first-order valence-electron chi connectivity index (χ1n) is 7.24. The van der Waals surface area contributed by atoms with Crippen LogP contribution >= 0.6 is 0 Å². The molecule has 0 aromatic heterocycles. The topological polar surface area (TPSA) is 24.5 Å². The summed E-state index contributed by atoms with van der Waals surface area (Å²) in [5.74, 6) is 0.953. The highest BCUT2D eigenvalue weighted by Gasteiger charge is 2.34. The van der Waals surface area contributed by atoms with Gasteiger partial charge in [-0.3, -0.25) is 0 Å². The summed E-state index contributed by atoms with van der Waals surface area (Å²) in [5, 5.41) is 3.41. The zero-order valence-corrected chi connectivity index (χ0v) is 12.6. The van der Waals surface area contributed by atoms with Crippen molar-refractivity contribution in [3.05, 3.63) is 24.3 Å². The van der Waals surface area contributed by atoms with Crippen molar-refractivity contribution in [1.82, 2.24) is 5.32 Å². The summed E-state index contributed by atoms with van der Waals surface area (Å²) in [6.07, 6.45) is 2.38. The van der Waals surface area contributed by atoms with Gasteiger partial charge < -0.3 is 15.0 Å². The van der Waals surface area contributed by atoms with Crippen LogP contribution in [0.25, 0.3) is 0 Å². The molecule has 0 aliphatic carbocycles. The molecule has 1 aromatic rings. The smallest absolute Gasteiger partial charge is 0.119 e. The first-order valence-corrected chi connectivity index (χ1v) is 7.24. The monoisotopic (exact) mass is 262 g/mol. The van der Waals surface area contributed by atoms with Crippen LogP contribution in [0.3, 0.4) is 0 Å². The molecule has 1 aromatic carbocycles. The molecule has 3 heteroatoms. The maximum absolute atomic E-state index is 5.51. The van der Waals surface area contributed by atoms with E-state index in [1.54, 1.807) is 0 Å². The number of rotatable bonds is 4. The summed E-state index contributed by atoms with van der Waals surface area (Å²) in [4.78, 5) is 2.51. The van der Waals surface area contributed by atoms with Crippen molar-refractivity contribution in [2.45, 2.75) is 45.2 Å². The minimum absolute atomic E-state index is 0.194. The fourth-order valence-corrected chi connectivity index (χ4v) is 3.02. The Balaban J connectivity index is 2.12. The minimum atomic E-state index is 0.194. The van der Waals surface area contributed by atoms with Gasteiger partial charge in [-0.2, -0.15) is 0 Å². The summed E-state index contributed by atoms with van der Waals surface area (Å²) < 4.78 is 5.51. The van der Waals surface area contributed by atoms with E-state index in [1.165, 1.54) is 18.5 Å². The predicted octanol–water partition coefficient (Wildman–Crippen LogP) is 3.05. The Bertz CT molecular complexity index is 400. The van der Waals surface area contributed by atoms with Gasteiger partial charge in [0.25, 0.3) is 0 Å². The van der Waals surface area contributed by atoms with Crippen LogP contribution in [0.4, 0.5) is 5.69 Å². The van der Waals surface area contributed by atoms with Gasteiger partial charge in [0, 0.05) is 23.8 Å². The lowest BCUT2D eigenvalue weighted by molar-refractivity contribution is 0.301. The van der Waals surface area contributed by atoms with Gasteiger partial charge in [0.15, 0.2) is 0 Å². The lowest BCUT2D eigenvalue weighted by Gasteiger charge is -2.47. The summed E-state index contributed by atoms with van der Waals surface area (Å²) in [7, 11) is 2.06. The largest absolute Gasteiger partial charge is 0.494 e. The maximum Gasteiger partial charge on any atom is 0.119 e. The van der Waals surface area contributed by atoms with Crippen molar-refractivity contribution in [3.8, 4) is 5.75 Å². The molecule has 0 bridgehead atoms. The molecule has 1 aliphatic rings. The average Bonchev–Trinajstić information content (AvgIpc) is 2.39. The standard InChI is InChI=1S/C16H26N2O/c1-5-19-15-8-6-14(7-9-15)18-11-10-13(17-4)12-16(18,2)3/h6-9,13,17H,5,10-12H2,1-4H3. The maximum atomic E-state index is 5.51. The Morgan fingerprint density at radius 1 is 1.32 bits per heavy atom. The van der Waals surface area contributed by atoms with E-state index in [0.29, 0.717) is 6.04 Å². The molecule has 3 nitrogen and oxygen atoms in total. The summed E-state index contributed by atoms with van der Waals surface area (Å²) in [6.45, 7) is 8.49. The third kappa shape index (κ3) is 3.21. The SMILES string of the molecule is CCOc1ccc(N2CCC(NC)CC2(C)C)cc1. The molecule has 1 aliphatic heterocycles. The van der Waals surface area contributed by atoms with Gasteiger partial charge in [0.1, 0.15) is 5.75 Å². The van der Waals surface area contributed by atoms with Gasteiger partial charge in [-0.15, -0.1) is 0 Å². The Kier molecular flexibility index (Phi) is 4.35. The van der Waals surface area contributed by atoms with Gasteiger partial charge in [-0.1, -0.05) is 0 Å². The fourth-order valence-electron chi connectivity index (χ4n) is 3.02. The lowest BCUT2D eigenvalue weighted by atomic mass is 9.86. The van der Waals surface area contributed by atoms with Gasteiger partial charge in [-0.25, -0.2) is 0 Å². The van der Waals surface area contributed by atoms with Gasteiger partial charge in [-0.05, 0) is 64.9 Å². The van der Waals surface area contributed by atoms with Crippen LogP contribution in [-0.4, -0.2) is 31.8 Å². The van der Waals surface area contributed by atoms with E-state index < -0.39 is 0 Å². The first kappa shape index (κ1) is 14.2. The van der Waals surface area contributed by atoms with Crippen LogP contribution in [0.1, 0.15) is 33.6 Å². The number of hydrogen-bond acceptors (Lipinski definition) is 3. The summed E-state index contributed by atoms with van der Waals surface area (Å²) in [6, 6.07) is 9.12. The number of anilines is 1. The van der Waals surface area contributed by atoms with Gasteiger partial charge in [0.05, 0.1) is 6.61 Å². The van der Waals surface area contributed by atoms with E-state index in [9.17, 15) is 0 Å². The summed E-state index contributed by atoms with van der Waals surface area (Å²) in [5.41, 5.74) is 1.49. The summed E-state index contributed by atoms with van der Waals surface area (Å²) >= 11 is 0. The van der Waals surface area contributed by atoms with Crippen molar-refractivity contribution in [2.24, 2.45) is 0 Å². The zero-order chi connectivity index (χ0) is 13.9. The number of ether oxygens (including phenoxy) is 1. The molecule has 0 radical (unpaired) electrons. The third-order valence-corrected chi connectivity index (χ3v) is 4.05. The highest BCUT2D eigenvalue weighted by Crippen LogP contribution is 2.33. The molecule has 1 saturated heterocycles. The molecule has 106 valence electrons. The van der Waals surface area contributed by atoms with E-state index in [2.05, 4.69) is 55.4 Å². The van der Waals surface area contributed by atoms with E-state index in [4.69, 9.17) is 4.74 Å². The van der Waals surface area contributed by atoms with Gasteiger partial charge >= 0.3 is 0 Å². The average molecular weight is 262 g/mol. The van der Waals surface area contributed by atoms with Crippen LogP contribution in [-0.2, 0) is 0 Å². The molecule has 19 heavy (non-hydrogen) atoms. The van der Waals surface area contributed by atoms with E-state index in [-0.39, 0.29) is 5.54 Å². The predicted molar refractivity (Wildman–Crippen MR) is 81.1 cm³/mol. The van der Waals surface area contributed by atoms with E-state index >= 15 is 0 Å². The van der Waals surface area contributed by atoms with E-state index in [1.807, 2.05) is 6.92 Å². The molecular weight excluding hydrogens is 236 g/mol. The van der Waals surface area contributed by atoms with Crippen molar-refractivity contribution in [3.63, 3.8) is 0 Å². The van der Waals surface area contributed by atoms with Crippen LogP contribution in [0.2, 0.25) is 0 Å². The fraction of sp³-hybridized carbons (Fsp3) is 0.625. The minimum Gasteiger partial charge on any atom is -0.494 e. The Morgan fingerprint density at radius 3 is 2.53 bits per heavy atom. The number of nitrogens with one attached hydrogen (secondary N) is 1. The molecular formula is C16H26N2O. The second-order valence-electron chi connectivity index (χ2n) is 5.87. The molecule has 1 atom stereocenters. The molecule has 0 saturated carbocycles. The third-order valence-electron chi connectivity index (χ3n) is 4.05. The highest BCUT2D eigenvalue weighted by molar-refractivity contribution is 5.51. The van der Waals surface area contributed by atoms with Crippen molar-refractivity contribution in [1.29, 1.82) is 0 Å². The number of nitrogens with zero attached hydrogens (tertiary/aromatic N) is 1. The van der Waals surface area contributed by atoms with Crippen LogP contribution in [0, 0.1) is 0 Å². The zero-order valence-electron chi connectivity index (χ0n) is 12.6. The molecule has 0 amide bonds. The van der Waals surface area contributed by atoms with Crippen LogP contribution in [0.15, 0.2) is 24.3 Å². The van der Waals surface area contributed by atoms with Crippen molar-refractivity contribution < 1.29 is 4.74 Å². The normalized spacial score (nSPS) is 22.3. The molecule has 1 unspecified atom stereocenters. The number of piperidine rings is 1. The lowest BCUT2D eigenvalue weighted by Crippen LogP contribution is -2.54. The molecule has 1 heterocycles. The Hall–Kier alpha value is -1.22. The molecule has 0 spiro atoms. The second kappa shape index (κ2) is 5.83. The molecule has 1 fully saturated rings. The highest BCUT2D eigenvalue weighted by atomic mass is 16.5.